The van der Waals surface area contributed by atoms with E-state index in [0.717, 1.165) is 18.7 Å². The summed E-state index contributed by atoms with van der Waals surface area (Å²) in [7, 11) is 1.77. The fourth-order valence-corrected chi connectivity index (χ4v) is 2.74. The molecule has 1 aromatic carbocycles. The second-order valence-electron chi connectivity index (χ2n) is 5.14. The molecule has 0 radical (unpaired) electrons. The molecule has 6 heteroatoms. The van der Waals surface area contributed by atoms with Gasteiger partial charge in [-0.25, -0.2) is 0 Å². The molecule has 1 saturated carbocycles. The van der Waals surface area contributed by atoms with Crippen molar-refractivity contribution in [2.24, 2.45) is 12.9 Å². The molecular formula is C13H18N6. The highest BCUT2D eigenvalue weighted by Gasteiger charge is 2.50. The van der Waals surface area contributed by atoms with Gasteiger partial charge in [-0.05, 0) is 23.6 Å². The summed E-state index contributed by atoms with van der Waals surface area (Å²) in [6, 6.07) is 10.7. The normalized spacial score (nSPS) is 18.2. The Morgan fingerprint density at radius 1 is 1.37 bits per heavy atom. The van der Waals surface area contributed by atoms with Crippen LogP contribution in [0.25, 0.3) is 0 Å². The lowest BCUT2D eigenvalue weighted by Gasteiger charge is -2.25. The quantitative estimate of drug-likeness (QED) is 0.596. The van der Waals surface area contributed by atoms with Gasteiger partial charge in [-0.2, -0.15) is 4.80 Å². The molecule has 0 saturated heterocycles. The average molecular weight is 258 g/mol. The average Bonchev–Trinajstić information content (AvgIpc) is 3.15. The molecule has 0 spiro atoms. The molecule has 19 heavy (non-hydrogen) atoms. The Kier molecular flexibility index (Phi) is 3.04. The van der Waals surface area contributed by atoms with Crippen LogP contribution in [-0.4, -0.2) is 26.2 Å². The van der Waals surface area contributed by atoms with E-state index < -0.39 is 0 Å². The Labute approximate surface area is 112 Å². The van der Waals surface area contributed by atoms with Crippen LogP contribution in [0, 0.1) is 0 Å². The van der Waals surface area contributed by atoms with E-state index in [-0.39, 0.29) is 11.5 Å². The van der Waals surface area contributed by atoms with Crippen LogP contribution < -0.4 is 11.3 Å². The lowest BCUT2D eigenvalue weighted by Crippen LogP contribution is -2.45. The summed E-state index contributed by atoms with van der Waals surface area (Å²) < 4.78 is 0. The Hall–Kier alpha value is -1.79. The van der Waals surface area contributed by atoms with Crippen molar-refractivity contribution in [2.45, 2.75) is 30.7 Å². The summed E-state index contributed by atoms with van der Waals surface area (Å²) >= 11 is 0. The minimum atomic E-state index is 0.120. The fraction of sp³-hybridized carbons (Fsp3) is 0.462. The molecule has 6 nitrogen and oxygen atoms in total. The van der Waals surface area contributed by atoms with E-state index in [1.807, 2.05) is 6.07 Å². The first-order valence-electron chi connectivity index (χ1n) is 6.49. The SMILES string of the molecule is Cn1nnc(CC(NN)C2(c3ccccc3)CC2)n1. The molecule has 1 fully saturated rings. The first-order chi connectivity index (χ1) is 9.24. The van der Waals surface area contributed by atoms with Gasteiger partial charge in [0.25, 0.3) is 0 Å². The van der Waals surface area contributed by atoms with E-state index in [1.54, 1.807) is 7.05 Å². The van der Waals surface area contributed by atoms with Gasteiger partial charge in [0, 0.05) is 17.9 Å². The van der Waals surface area contributed by atoms with E-state index in [4.69, 9.17) is 5.84 Å². The van der Waals surface area contributed by atoms with Crippen molar-refractivity contribution in [1.29, 1.82) is 0 Å². The van der Waals surface area contributed by atoms with Crippen molar-refractivity contribution in [1.82, 2.24) is 25.6 Å². The van der Waals surface area contributed by atoms with E-state index in [9.17, 15) is 0 Å². The van der Waals surface area contributed by atoms with Gasteiger partial charge in [-0.1, -0.05) is 30.3 Å². The van der Waals surface area contributed by atoms with Gasteiger partial charge in [-0.3, -0.25) is 11.3 Å². The zero-order chi connectivity index (χ0) is 13.3. The maximum atomic E-state index is 5.76. The number of hydrazine groups is 1. The van der Waals surface area contributed by atoms with Crippen molar-refractivity contribution in [3.05, 3.63) is 41.7 Å². The molecule has 0 amide bonds. The van der Waals surface area contributed by atoms with E-state index in [0.29, 0.717) is 6.42 Å². The van der Waals surface area contributed by atoms with E-state index >= 15 is 0 Å². The third kappa shape index (κ3) is 2.24. The van der Waals surface area contributed by atoms with E-state index in [2.05, 4.69) is 45.1 Å². The van der Waals surface area contributed by atoms with Crippen LogP contribution in [0.4, 0.5) is 0 Å². The fourth-order valence-electron chi connectivity index (χ4n) is 2.74. The largest absolute Gasteiger partial charge is 0.271 e. The van der Waals surface area contributed by atoms with Crippen molar-refractivity contribution in [3.8, 4) is 0 Å². The van der Waals surface area contributed by atoms with Gasteiger partial charge in [0.1, 0.15) is 0 Å². The van der Waals surface area contributed by atoms with Gasteiger partial charge >= 0.3 is 0 Å². The maximum Gasteiger partial charge on any atom is 0.176 e. The third-order valence-corrected chi connectivity index (χ3v) is 3.94. The molecule has 1 aliphatic carbocycles. The highest BCUT2D eigenvalue weighted by molar-refractivity contribution is 5.34. The van der Waals surface area contributed by atoms with Crippen LogP contribution in [0.15, 0.2) is 30.3 Å². The van der Waals surface area contributed by atoms with Crippen LogP contribution in [0.2, 0.25) is 0 Å². The Balaban J connectivity index is 1.82. The number of hydrogen-bond donors (Lipinski definition) is 2. The molecule has 1 aromatic heterocycles. The number of nitrogens with one attached hydrogen (secondary N) is 1. The van der Waals surface area contributed by atoms with Crippen molar-refractivity contribution in [2.75, 3.05) is 0 Å². The molecule has 100 valence electrons. The molecule has 1 heterocycles. The van der Waals surface area contributed by atoms with Crippen LogP contribution in [-0.2, 0) is 18.9 Å². The topological polar surface area (TPSA) is 81.7 Å². The lowest BCUT2D eigenvalue weighted by atomic mass is 9.86. The molecule has 1 aliphatic rings. The second-order valence-corrected chi connectivity index (χ2v) is 5.14. The van der Waals surface area contributed by atoms with Crippen LogP contribution >= 0.6 is 0 Å². The summed E-state index contributed by atoms with van der Waals surface area (Å²) in [6.07, 6.45) is 2.98. The summed E-state index contributed by atoms with van der Waals surface area (Å²) in [6.45, 7) is 0. The highest BCUT2D eigenvalue weighted by Crippen LogP contribution is 2.51. The smallest absolute Gasteiger partial charge is 0.176 e. The number of nitrogens with zero attached hydrogens (tertiary/aromatic N) is 4. The first kappa shape index (κ1) is 12.3. The molecule has 1 atom stereocenters. The number of rotatable bonds is 5. The van der Waals surface area contributed by atoms with Gasteiger partial charge in [-0.15, -0.1) is 10.2 Å². The van der Waals surface area contributed by atoms with Gasteiger partial charge < -0.3 is 0 Å². The third-order valence-electron chi connectivity index (χ3n) is 3.94. The molecule has 0 bridgehead atoms. The van der Waals surface area contributed by atoms with Crippen LogP contribution in [0.1, 0.15) is 24.2 Å². The Bertz CT molecular complexity index is 545. The summed E-state index contributed by atoms with van der Waals surface area (Å²) in [5, 5.41) is 12.1. The summed E-state index contributed by atoms with van der Waals surface area (Å²) in [5.41, 5.74) is 4.40. The minimum Gasteiger partial charge on any atom is -0.271 e. The number of hydrogen-bond acceptors (Lipinski definition) is 5. The first-order valence-corrected chi connectivity index (χ1v) is 6.49. The zero-order valence-corrected chi connectivity index (χ0v) is 11.0. The van der Waals surface area contributed by atoms with Gasteiger partial charge in [0.15, 0.2) is 5.82 Å². The minimum absolute atomic E-state index is 0.120. The molecule has 2 aromatic rings. The predicted molar refractivity (Wildman–Crippen MR) is 71.0 cm³/mol. The lowest BCUT2D eigenvalue weighted by molar-refractivity contribution is 0.413. The van der Waals surface area contributed by atoms with Crippen molar-refractivity contribution >= 4 is 0 Å². The molecular weight excluding hydrogens is 240 g/mol. The standard InChI is InChI=1S/C13H18N6/c1-19-17-12(16-18-19)9-11(15-14)13(7-8-13)10-5-3-2-4-6-10/h2-6,11,15H,7-9,14H2,1H3. The van der Waals surface area contributed by atoms with Crippen LogP contribution in [0.5, 0.6) is 0 Å². The highest BCUT2D eigenvalue weighted by atomic mass is 15.6. The molecule has 1 unspecified atom stereocenters. The van der Waals surface area contributed by atoms with Crippen LogP contribution in [0.3, 0.4) is 0 Å². The number of benzene rings is 1. The maximum absolute atomic E-state index is 5.76. The Morgan fingerprint density at radius 2 is 2.11 bits per heavy atom. The van der Waals surface area contributed by atoms with Gasteiger partial charge in [0.2, 0.25) is 0 Å². The predicted octanol–water partition coefficient (Wildman–Crippen LogP) is 0.316. The van der Waals surface area contributed by atoms with Gasteiger partial charge in [0.05, 0.1) is 7.05 Å². The number of tetrazole rings is 1. The summed E-state index contributed by atoms with van der Waals surface area (Å²) in [4.78, 5) is 1.48. The Morgan fingerprint density at radius 3 is 2.63 bits per heavy atom. The zero-order valence-electron chi connectivity index (χ0n) is 11.0. The summed E-state index contributed by atoms with van der Waals surface area (Å²) in [5.74, 6) is 6.49. The number of nitrogens with two attached hydrogens (primary N) is 1. The van der Waals surface area contributed by atoms with E-state index in [1.165, 1.54) is 10.4 Å². The number of aromatic nitrogens is 4. The molecule has 0 aliphatic heterocycles. The van der Waals surface area contributed by atoms with Crippen molar-refractivity contribution < 1.29 is 0 Å². The monoisotopic (exact) mass is 258 g/mol. The molecule has 3 rings (SSSR count). The van der Waals surface area contributed by atoms with Crippen molar-refractivity contribution in [3.63, 3.8) is 0 Å². The second kappa shape index (κ2) is 4.71. The molecule has 3 N–H and O–H groups in total. The number of aryl methyl sites for hydroxylation is 1.